The van der Waals surface area contributed by atoms with Crippen LogP contribution in [0.5, 0.6) is 5.75 Å². The van der Waals surface area contributed by atoms with Crippen LogP contribution < -0.4 is 10.1 Å². The average Bonchev–Trinajstić information content (AvgIpc) is 3.20. The molecule has 0 bridgehead atoms. The molecule has 1 N–H and O–H groups in total. The topological polar surface area (TPSA) is 69.0 Å². The van der Waals surface area contributed by atoms with Crippen LogP contribution in [0.3, 0.4) is 0 Å². The van der Waals surface area contributed by atoms with E-state index in [1.54, 1.807) is 24.5 Å². The molecule has 2 aromatic heterocycles. The number of nitrogens with one attached hydrogen (secondary N) is 1. The second-order valence-corrected chi connectivity index (χ2v) is 8.34. The maximum atomic E-state index is 12.3. The molecule has 0 fully saturated rings. The maximum absolute atomic E-state index is 12.3. The van der Waals surface area contributed by atoms with Crippen molar-refractivity contribution >= 4 is 16.9 Å². The molecule has 4 aromatic rings. The van der Waals surface area contributed by atoms with Gasteiger partial charge in [0.15, 0.2) is 0 Å². The van der Waals surface area contributed by atoms with E-state index in [1.807, 2.05) is 30.3 Å². The number of ether oxygens (including phenoxy) is 1. The van der Waals surface area contributed by atoms with Gasteiger partial charge in [0.25, 0.3) is 5.91 Å². The van der Waals surface area contributed by atoms with Gasteiger partial charge in [0.1, 0.15) is 11.6 Å². The van der Waals surface area contributed by atoms with Gasteiger partial charge in [0.2, 0.25) is 0 Å². The Hall–Kier alpha value is -3.67. The molecule has 1 amide bonds. The summed E-state index contributed by atoms with van der Waals surface area (Å²) in [5.41, 5.74) is 4.00. The number of aryl methyl sites for hydroxylation is 1. The monoisotopic (exact) mass is 442 g/mol. The van der Waals surface area contributed by atoms with Crippen molar-refractivity contribution in [1.82, 2.24) is 19.9 Å². The molecule has 0 radical (unpaired) electrons. The third kappa shape index (κ3) is 5.77. The minimum absolute atomic E-state index is 0.100. The fourth-order valence-corrected chi connectivity index (χ4v) is 3.82. The Bertz CT molecular complexity index is 1180. The summed E-state index contributed by atoms with van der Waals surface area (Å²) in [5, 5.41) is 2.98. The van der Waals surface area contributed by atoms with Gasteiger partial charge < -0.3 is 14.6 Å². The van der Waals surface area contributed by atoms with Gasteiger partial charge >= 0.3 is 0 Å². The smallest absolute Gasteiger partial charge is 0.251 e. The van der Waals surface area contributed by atoms with Crippen molar-refractivity contribution in [3.8, 4) is 5.75 Å². The van der Waals surface area contributed by atoms with Gasteiger partial charge in [-0.3, -0.25) is 9.78 Å². The van der Waals surface area contributed by atoms with Crippen molar-refractivity contribution < 1.29 is 9.53 Å². The lowest BCUT2D eigenvalue weighted by atomic mass is 10.0. The molecular formula is C27H30N4O2. The Morgan fingerprint density at radius 2 is 1.79 bits per heavy atom. The lowest BCUT2D eigenvalue weighted by Crippen LogP contribution is -2.26. The van der Waals surface area contributed by atoms with Crippen molar-refractivity contribution in [2.75, 3.05) is 13.2 Å². The minimum atomic E-state index is -0.100. The fourth-order valence-electron chi connectivity index (χ4n) is 3.82. The van der Waals surface area contributed by atoms with Gasteiger partial charge in [-0.15, -0.1) is 0 Å². The van der Waals surface area contributed by atoms with E-state index in [0.717, 1.165) is 35.6 Å². The van der Waals surface area contributed by atoms with Crippen LogP contribution in [0.2, 0.25) is 0 Å². The van der Waals surface area contributed by atoms with Crippen LogP contribution in [0.1, 0.15) is 47.9 Å². The molecule has 0 saturated carbocycles. The number of aromatic nitrogens is 3. The van der Waals surface area contributed by atoms with Crippen LogP contribution in [0.25, 0.3) is 11.0 Å². The first kappa shape index (κ1) is 22.5. The zero-order valence-electron chi connectivity index (χ0n) is 19.2. The number of fused-ring (bicyclic) bond motifs is 1. The van der Waals surface area contributed by atoms with Gasteiger partial charge in [-0.2, -0.15) is 0 Å². The molecule has 0 spiro atoms. The average molecular weight is 443 g/mol. The quantitative estimate of drug-likeness (QED) is 0.351. The highest BCUT2D eigenvalue weighted by Crippen LogP contribution is 2.20. The molecule has 33 heavy (non-hydrogen) atoms. The molecule has 0 aliphatic carbocycles. The van der Waals surface area contributed by atoms with E-state index in [4.69, 9.17) is 9.72 Å². The van der Waals surface area contributed by atoms with Gasteiger partial charge in [-0.05, 0) is 54.3 Å². The van der Waals surface area contributed by atoms with Crippen LogP contribution in [0.4, 0.5) is 0 Å². The third-order valence-corrected chi connectivity index (χ3v) is 5.65. The highest BCUT2D eigenvalue weighted by atomic mass is 16.5. The first-order valence-corrected chi connectivity index (χ1v) is 11.5. The Kier molecular flexibility index (Phi) is 7.35. The molecule has 170 valence electrons. The number of carbonyl (C=O) groups excluding carboxylic acids is 1. The number of hydrogen-bond acceptors (Lipinski definition) is 4. The van der Waals surface area contributed by atoms with Crippen LogP contribution in [-0.2, 0) is 13.0 Å². The van der Waals surface area contributed by atoms with E-state index in [0.29, 0.717) is 31.1 Å². The zero-order valence-corrected chi connectivity index (χ0v) is 19.2. The summed E-state index contributed by atoms with van der Waals surface area (Å²) in [4.78, 5) is 21.1. The van der Waals surface area contributed by atoms with Crippen LogP contribution in [0.15, 0.2) is 73.1 Å². The highest BCUT2D eigenvalue weighted by molar-refractivity contribution is 5.93. The first-order valence-electron chi connectivity index (χ1n) is 11.5. The van der Waals surface area contributed by atoms with Crippen molar-refractivity contribution in [2.45, 2.75) is 39.2 Å². The molecular weight excluding hydrogens is 412 g/mol. The van der Waals surface area contributed by atoms with Crippen LogP contribution in [-0.4, -0.2) is 33.6 Å². The first-order chi connectivity index (χ1) is 16.1. The number of pyridine rings is 1. The number of hydrogen-bond donors (Lipinski definition) is 1. The van der Waals surface area contributed by atoms with E-state index in [2.05, 4.69) is 46.9 Å². The van der Waals surface area contributed by atoms with Crippen molar-refractivity contribution in [3.05, 3.63) is 90.0 Å². The van der Waals surface area contributed by atoms with Crippen LogP contribution >= 0.6 is 0 Å². The predicted octanol–water partition coefficient (Wildman–Crippen LogP) is 5.00. The molecule has 6 heteroatoms. The molecule has 2 aromatic carbocycles. The summed E-state index contributed by atoms with van der Waals surface area (Å²) in [6.45, 7) is 6.33. The van der Waals surface area contributed by atoms with Crippen molar-refractivity contribution in [3.63, 3.8) is 0 Å². The van der Waals surface area contributed by atoms with E-state index < -0.39 is 0 Å². The second kappa shape index (κ2) is 10.8. The maximum Gasteiger partial charge on any atom is 0.251 e. The summed E-state index contributed by atoms with van der Waals surface area (Å²) in [7, 11) is 0. The molecule has 6 nitrogen and oxygen atoms in total. The lowest BCUT2D eigenvalue weighted by molar-refractivity contribution is 0.0954. The van der Waals surface area contributed by atoms with Gasteiger partial charge in [-0.25, -0.2) is 4.98 Å². The molecule has 2 heterocycles. The molecule has 4 rings (SSSR count). The van der Waals surface area contributed by atoms with Gasteiger partial charge in [-0.1, -0.05) is 38.1 Å². The second-order valence-electron chi connectivity index (χ2n) is 8.34. The van der Waals surface area contributed by atoms with Gasteiger partial charge in [0.05, 0.1) is 17.6 Å². The van der Waals surface area contributed by atoms with E-state index >= 15 is 0 Å². The van der Waals surface area contributed by atoms with E-state index in [9.17, 15) is 4.79 Å². The SMILES string of the molecule is CC(C)c1ccc(OCCCn2c(CCNC(=O)c3ccncc3)nc3ccccc32)cc1. The van der Waals surface area contributed by atoms with Crippen molar-refractivity contribution in [2.24, 2.45) is 0 Å². The van der Waals surface area contributed by atoms with E-state index in [1.165, 1.54) is 5.56 Å². The Morgan fingerprint density at radius 3 is 2.55 bits per heavy atom. The summed E-state index contributed by atoms with van der Waals surface area (Å²) in [6, 6.07) is 19.9. The van der Waals surface area contributed by atoms with Gasteiger partial charge in [0, 0.05) is 37.5 Å². The van der Waals surface area contributed by atoms with E-state index in [-0.39, 0.29) is 5.91 Å². The molecule has 0 unspecified atom stereocenters. The standard InChI is InChI=1S/C27H30N4O2/c1-20(2)21-8-10-23(11-9-21)33-19-5-18-31-25-7-4-3-6-24(25)30-26(31)14-17-29-27(32)22-12-15-28-16-13-22/h3-4,6-13,15-16,20H,5,14,17-19H2,1-2H3,(H,29,32). The van der Waals surface area contributed by atoms with Crippen LogP contribution in [0, 0.1) is 0 Å². The summed E-state index contributed by atoms with van der Waals surface area (Å²) < 4.78 is 8.19. The number of benzene rings is 2. The number of nitrogens with zero attached hydrogens (tertiary/aromatic N) is 3. The normalized spacial score (nSPS) is 11.1. The Morgan fingerprint density at radius 1 is 1.03 bits per heavy atom. The van der Waals surface area contributed by atoms with Crippen molar-refractivity contribution in [1.29, 1.82) is 0 Å². The highest BCUT2D eigenvalue weighted by Gasteiger charge is 2.11. The Labute approximate surface area is 194 Å². The number of rotatable bonds is 10. The summed E-state index contributed by atoms with van der Waals surface area (Å²) in [5.74, 6) is 2.28. The minimum Gasteiger partial charge on any atom is -0.494 e. The fraction of sp³-hybridized carbons (Fsp3) is 0.296. The molecule has 0 atom stereocenters. The summed E-state index contributed by atoms with van der Waals surface area (Å²) in [6.07, 6.45) is 4.76. The zero-order chi connectivity index (χ0) is 23.0. The molecule has 0 aliphatic heterocycles. The predicted molar refractivity (Wildman–Crippen MR) is 131 cm³/mol. The Balaban J connectivity index is 1.35. The largest absolute Gasteiger partial charge is 0.494 e. The molecule has 0 saturated heterocycles. The number of carbonyl (C=O) groups is 1. The lowest BCUT2D eigenvalue weighted by Gasteiger charge is -2.12. The third-order valence-electron chi connectivity index (χ3n) is 5.65. The number of imidazole rings is 1. The summed E-state index contributed by atoms with van der Waals surface area (Å²) >= 11 is 0. The number of para-hydroxylation sites is 2. The number of amides is 1. The molecule has 0 aliphatic rings.